The Bertz CT molecular complexity index is 234. The van der Waals surface area contributed by atoms with Gasteiger partial charge in [-0.3, -0.25) is 4.79 Å². The fraction of sp³-hybridized carbons (Fsp3) is 0.929. The molecule has 0 saturated heterocycles. The van der Waals surface area contributed by atoms with Crippen LogP contribution in [0.1, 0.15) is 59.8 Å². The van der Waals surface area contributed by atoms with Crippen LogP contribution >= 0.6 is 0 Å². The summed E-state index contributed by atoms with van der Waals surface area (Å²) in [4.78, 5) is 11.8. The van der Waals surface area contributed by atoms with Crippen LogP contribution in [0.2, 0.25) is 0 Å². The number of nitrogens with one attached hydrogen (secondary N) is 1. The molecule has 0 bridgehead atoms. The molecule has 0 aliphatic heterocycles. The highest BCUT2D eigenvalue weighted by atomic mass is 16.3. The molecule has 4 N–H and O–H groups in total. The molecule has 0 heterocycles. The van der Waals surface area contributed by atoms with Gasteiger partial charge in [0.2, 0.25) is 5.91 Å². The van der Waals surface area contributed by atoms with Crippen molar-refractivity contribution < 1.29 is 9.90 Å². The van der Waals surface area contributed by atoms with Gasteiger partial charge in [-0.25, -0.2) is 0 Å². The lowest BCUT2D eigenvalue weighted by Crippen LogP contribution is -2.51. The van der Waals surface area contributed by atoms with Crippen molar-refractivity contribution in [3.63, 3.8) is 0 Å². The van der Waals surface area contributed by atoms with Gasteiger partial charge in [0.15, 0.2) is 0 Å². The van der Waals surface area contributed by atoms with E-state index in [1.54, 1.807) is 6.92 Å². The smallest absolute Gasteiger partial charge is 0.220 e. The Morgan fingerprint density at radius 2 is 1.94 bits per heavy atom. The SMILES string of the molecule is CCCC(CCN)CCC(=O)NC(C)(C)C(C)O. The molecule has 0 fully saturated rings. The molecular weight excluding hydrogens is 228 g/mol. The zero-order chi connectivity index (χ0) is 14.2. The van der Waals surface area contributed by atoms with Gasteiger partial charge in [0.25, 0.3) is 0 Å². The molecule has 0 aromatic heterocycles. The van der Waals surface area contributed by atoms with Crippen molar-refractivity contribution in [3.05, 3.63) is 0 Å². The quantitative estimate of drug-likeness (QED) is 0.590. The molecule has 0 saturated carbocycles. The normalized spacial score (nSPS) is 15.2. The summed E-state index contributed by atoms with van der Waals surface area (Å²) in [5.74, 6) is 0.555. The molecule has 4 heteroatoms. The second-order valence-corrected chi connectivity index (χ2v) is 5.72. The van der Waals surface area contributed by atoms with Gasteiger partial charge in [0, 0.05) is 6.42 Å². The van der Waals surface area contributed by atoms with Crippen molar-refractivity contribution in [3.8, 4) is 0 Å². The first-order chi connectivity index (χ1) is 8.33. The summed E-state index contributed by atoms with van der Waals surface area (Å²) in [6.45, 7) is 8.19. The molecular formula is C14H30N2O2. The van der Waals surface area contributed by atoms with Gasteiger partial charge < -0.3 is 16.2 Å². The average Bonchev–Trinajstić information content (AvgIpc) is 2.25. The maximum absolute atomic E-state index is 11.8. The first kappa shape index (κ1) is 17.4. The van der Waals surface area contributed by atoms with Crippen molar-refractivity contribution >= 4 is 5.91 Å². The molecule has 2 unspecified atom stereocenters. The zero-order valence-electron chi connectivity index (χ0n) is 12.3. The maximum atomic E-state index is 11.8. The number of hydrogen-bond acceptors (Lipinski definition) is 3. The molecule has 0 aliphatic rings. The van der Waals surface area contributed by atoms with Crippen LogP contribution in [-0.2, 0) is 4.79 Å². The summed E-state index contributed by atoms with van der Waals surface area (Å²) < 4.78 is 0. The summed E-state index contributed by atoms with van der Waals surface area (Å²) in [7, 11) is 0. The third-order valence-electron chi connectivity index (χ3n) is 3.56. The molecule has 1 amide bonds. The highest BCUT2D eigenvalue weighted by Crippen LogP contribution is 2.17. The number of aliphatic hydroxyl groups is 1. The molecule has 0 radical (unpaired) electrons. The summed E-state index contributed by atoms with van der Waals surface area (Å²) in [5.41, 5.74) is 5.01. The average molecular weight is 258 g/mol. The number of nitrogens with two attached hydrogens (primary N) is 1. The van der Waals surface area contributed by atoms with E-state index in [0.717, 1.165) is 25.7 Å². The van der Waals surface area contributed by atoms with Crippen LogP contribution in [0.5, 0.6) is 0 Å². The number of rotatable bonds is 9. The first-order valence-electron chi connectivity index (χ1n) is 7.02. The van der Waals surface area contributed by atoms with Gasteiger partial charge in [-0.2, -0.15) is 0 Å². The van der Waals surface area contributed by atoms with Crippen molar-refractivity contribution in [1.29, 1.82) is 0 Å². The second kappa shape index (κ2) is 8.48. The predicted octanol–water partition coefficient (Wildman–Crippen LogP) is 1.81. The number of carbonyl (C=O) groups excluding carboxylic acids is 1. The number of carbonyl (C=O) groups is 1. The third kappa shape index (κ3) is 6.97. The van der Waals surface area contributed by atoms with E-state index in [4.69, 9.17) is 5.73 Å². The van der Waals surface area contributed by atoms with Crippen LogP contribution in [0.4, 0.5) is 0 Å². The van der Waals surface area contributed by atoms with Gasteiger partial charge >= 0.3 is 0 Å². The fourth-order valence-corrected chi connectivity index (χ4v) is 1.94. The zero-order valence-corrected chi connectivity index (χ0v) is 12.3. The molecule has 18 heavy (non-hydrogen) atoms. The monoisotopic (exact) mass is 258 g/mol. The lowest BCUT2D eigenvalue weighted by molar-refractivity contribution is -0.124. The summed E-state index contributed by atoms with van der Waals surface area (Å²) in [6, 6.07) is 0. The van der Waals surface area contributed by atoms with Crippen LogP contribution < -0.4 is 11.1 Å². The Balaban J connectivity index is 4.08. The van der Waals surface area contributed by atoms with Gasteiger partial charge in [0.1, 0.15) is 0 Å². The molecule has 0 aromatic rings. The van der Waals surface area contributed by atoms with E-state index in [1.807, 2.05) is 13.8 Å². The number of aliphatic hydroxyl groups excluding tert-OH is 1. The molecule has 108 valence electrons. The second-order valence-electron chi connectivity index (χ2n) is 5.72. The van der Waals surface area contributed by atoms with E-state index >= 15 is 0 Å². The number of amides is 1. The molecule has 0 aliphatic carbocycles. The van der Waals surface area contributed by atoms with Crippen molar-refractivity contribution in [2.24, 2.45) is 11.7 Å². The third-order valence-corrected chi connectivity index (χ3v) is 3.56. The molecule has 2 atom stereocenters. The van der Waals surface area contributed by atoms with Crippen molar-refractivity contribution in [2.45, 2.75) is 71.4 Å². The summed E-state index contributed by atoms with van der Waals surface area (Å²) in [6.07, 6.45) is 4.08. The Hall–Kier alpha value is -0.610. The van der Waals surface area contributed by atoms with Gasteiger partial charge in [-0.1, -0.05) is 19.8 Å². The van der Waals surface area contributed by atoms with E-state index in [9.17, 15) is 9.90 Å². The highest BCUT2D eigenvalue weighted by Gasteiger charge is 2.25. The van der Waals surface area contributed by atoms with Crippen molar-refractivity contribution in [2.75, 3.05) is 6.54 Å². The van der Waals surface area contributed by atoms with Crippen LogP contribution in [-0.4, -0.2) is 29.2 Å². The summed E-state index contributed by atoms with van der Waals surface area (Å²) in [5, 5.41) is 12.4. The first-order valence-corrected chi connectivity index (χ1v) is 7.02. The van der Waals surface area contributed by atoms with Crippen molar-refractivity contribution in [1.82, 2.24) is 5.32 Å². The van der Waals surface area contributed by atoms with Crippen LogP contribution in [0, 0.1) is 5.92 Å². The van der Waals surface area contributed by atoms with E-state index in [-0.39, 0.29) is 5.91 Å². The molecule has 0 rings (SSSR count). The highest BCUT2D eigenvalue weighted by molar-refractivity contribution is 5.76. The molecule has 0 aromatic carbocycles. The summed E-state index contributed by atoms with van der Waals surface area (Å²) >= 11 is 0. The number of hydrogen-bond donors (Lipinski definition) is 3. The largest absolute Gasteiger partial charge is 0.391 e. The minimum absolute atomic E-state index is 0.0130. The molecule has 4 nitrogen and oxygen atoms in total. The molecule has 0 spiro atoms. The lowest BCUT2D eigenvalue weighted by Gasteiger charge is -2.29. The Kier molecular flexibility index (Phi) is 8.20. The Morgan fingerprint density at radius 1 is 1.33 bits per heavy atom. The van der Waals surface area contributed by atoms with E-state index in [2.05, 4.69) is 12.2 Å². The Morgan fingerprint density at radius 3 is 2.39 bits per heavy atom. The van der Waals surface area contributed by atoms with E-state index in [0.29, 0.717) is 18.9 Å². The topological polar surface area (TPSA) is 75.4 Å². The minimum Gasteiger partial charge on any atom is -0.391 e. The van der Waals surface area contributed by atoms with E-state index in [1.165, 1.54) is 0 Å². The maximum Gasteiger partial charge on any atom is 0.220 e. The Labute approximate surface area is 111 Å². The van der Waals surface area contributed by atoms with Gasteiger partial charge in [-0.05, 0) is 46.1 Å². The van der Waals surface area contributed by atoms with Gasteiger partial charge in [0.05, 0.1) is 11.6 Å². The van der Waals surface area contributed by atoms with Crippen LogP contribution in [0.25, 0.3) is 0 Å². The van der Waals surface area contributed by atoms with E-state index < -0.39 is 11.6 Å². The fourth-order valence-electron chi connectivity index (χ4n) is 1.94. The van der Waals surface area contributed by atoms with Gasteiger partial charge in [-0.15, -0.1) is 0 Å². The standard InChI is InChI=1S/C14H30N2O2/c1-5-6-12(9-10-15)7-8-13(18)16-14(3,4)11(2)17/h11-12,17H,5-10,15H2,1-4H3,(H,16,18). The lowest BCUT2D eigenvalue weighted by atomic mass is 9.93. The van der Waals surface area contributed by atoms with Crippen LogP contribution in [0.3, 0.4) is 0 Å². The van der Waals surface area contributed by atoms with Crippen LogP contribution in [0.15, 0.2) is 0 Å². The minimum atomic E-state index is -0.564. The predicted molar refractivity (Wildman–Crippen MR) is 75.2 cm³/mol.